The molecule has 0 bridgehead atoms. The number of hydrogen-bond donors (Lipinski definition) is 1. The Kier molecular flexibility index (Phi) is 1.96. The van der Waals surface area contributed by atoms with E-state index in [2.05, 4.69) is 5.10 Å². The molecule has 0 unspecified atom stereocenters. The molecule has 4 heteroatoms. The maximum atomic E-state index is 11.7. The maximum absolute atomic E-state index is 11.7. The van der Waals surface area contributed by atoms with Gasteiger partial charge < -0.3 is 5.11 Å². The molecule has 0 saturated heterocycles. The number of phenolic OH excluding ortho intramolecular Hbond substituents is 1. The molecular weight excluding hydrogens is 180 g/mol. The summed E-state index contributed by atoms with van der Waals surface area (Å²) in [5.41, 5.74) is -0.247. The predicted octanol–water partition coefficient (Wildman–Crippen LogP) is 1.12. The highest BCUT2D eigenvalue weighted by Crippen LogP contribution is 2.19. The molecule has 0 aliphatic rings. The van der Waals surface area contributed by atoms with Crippen LogP contribution in [0.2, 0.25) is 0 Å². The summed E-state index contributed by atoms with van der Waals surface area (Å²) in [6, 6.07) is 4.95. The molecule has 0 radical (unpaired) electrons. The van der Waals surface area contributed by atoms with Gasteiger partial charge >= 0.3 is 0 Å². The average Bonchev–Trinajstić information content (AvgIpc) is 2.18. The Morgan fingerprint density at radius 1 is 1.50 bits per heavy atom. The molecule has 0 spiro atoms. The van der Waals surface area contributed by atoms with Crippen molar-refractivity contribution < 1.29 is 5.11 Å². The fourth-order valence-corrected chi connectivity index (χ4v) is 1.44. The lowest BCUT2D eigenvalue weighted by Gasteiger charge is -2.03. The van der Waals surface area contributed by atoms with Crippen LogP contribution in [0, 0.1) is 0 Å². The number of nitrogens with zero attached hydrogens (tertiary/aromatic N) is 2. The van der Waals surface area contributed by atoms with Crippen molar-refractivity contribution in [3.8, 4) is 5.75 Å². The Morgan fingerprint density at radius 3 is 3.00 bits per heavy atom. The van der Waals surface area contributed by atoms with Crippen LogP contribution in [0.1, 0.15) is 6.92 Å². The molecular formula is C10H10N2O2. The number of aromatic hydroxyl groups is 1. The van der Waals surface area contributed by atoms with E-state index in [9.17, 15) is 9.90 Å². The van der Waals surface area contributed by atoms with Gasteiger partial charge in [0.15, 0.2) is 0 Å². The van der Waals surface area contributed by atoms with E-state index >= 15 is 0 Å². The van der Waals surface area contributed by atoms with Gasteiger partial charge in [0, 0.05) is 11.9 Å². The van der Waals surface area contributed by atoms with Gasteiger partial charge in [-0.05, 0) is 13.0 Å². The lowest BCUT2D eigenvalue weighted by atomic mass is 10.2. The van der Waals surface area contributed by atoms with Gasteiger partial charge in [0.2, 0.25) is 0 Å². The largest absolute Gasteiger partial charge is 0.507 e. The van der Waals surface area contributed by atoms with Crippen molar-refractivity contribution in [1.29, 1.82) is 0 Å². The third-order valence-electron chi connectivity index (χ3n) is 2.16. The monoisotopic (exact) mass is 190 g/mol. The molecule has 1 heterocycles. The zero-order valence-corrected chi connectivity index (χ0v) is 7.77. The highest BCUT2D eigenvalue weighted by molar-refractivity contribution is 5.86. The van der Waals surface area contributed by atoms with E-state index in [0.29, 0.717) is 17.3 Å². The van der Waals surface area contributed by atoms with Crippen LogP contribution in [0.15, 0.2) is 29.2 Å². The normalized spacial score (nSPS) is 10.6. The zero-order valence-electron chi connectivity index (χ0n) is 7.77. The number of phenols is 1. The lowest BCUT2D eigenvalue weighted by Crippen LogP contribution is -2.21. The summed E-state index contributed by atoms with van der Waals surface area (Å²) in [6.07, 6.45) is 1.58. The number of rotatable bonds is 1. The van der Waals surface area contributed by atoms with Crippen molar-refractivity contribution >= 4 is 10.8 Å². The highest BCUT2D eigenvalue weighted by atomic mass is 16.3. The highest BCUT2D eigenvalue weighted by Gasteiger charge is 2.06. The van der Waals surface area contributed by atoms with E-state index in [-0.39, 0.29) is 11.3 Å². The number of fused-ring (bicyclic) bond motifs is 1. The summed E-state index contributed by atoms with van der Waals surface area (Å²) in [5.74, 6) is 0.0112. The number of benzene rings is 1. The molecule has 1 aromatic heterocycles. The van der Waals surface area contributed by atoms with E-state index in [0.717, 1.165) is 0 Å². The number of aromatic nitrogens is 2. The first-order chi connectivity index (χ1) is 6.74. The van der Waals surface area contributed by atoms with Crippen molar-refractivity contribution in [2.75, 3.05) is 0 Å². The van der Waals surface area contributed by atoms with E-state index in [1.54, 1.807) is 18.3 Å². The van der Waals surface area contributed by atoms with E-state index < -0.39 is 0 Å². The minimum Gasteiger partial charge on any atom is -0.507 e. The molecule has 2 aromatic rings. The van der Waals surface area contributed by atoms with Crippen LogP contribution < -0.4 is 5.56 Å². The molecule has 4 nitrogen and oxygen atoms in total. The van der Waals surface area contributed by atoms with Crippen LogP contribution in [-0.2, 0) is 6.54 Å². The van der Waals surface area contributed by atoms with Gasteiger partial charge in [-0.1, -0.05) is 12.1 Å². The van der Waals surface area contributed by atoms with Crippen LogP contribution in [0.4, 0.5) is 0 Å². The third-order valence-corrected chi connectivity index (χ3v) is 2.16. The van der Waals surface area contributed by atoms with Gasteiger partial charge in [-0.15, -0.1) is 0 Å². The van der Waals surface area contributed by atoms with Gasteiger partial charge in [0.25, 0.3) is 5.56 Å². The lowest BCUT2D eigenvalue weighted by molar-refractivity contribution is 0.480. The smallest absolute Gasteiger partial charge is 0.278 e. The van der Waals surface area contributed by atoms with Crippen LogP contribution in [0.3, 0.4) is 0 Å². The third kappa shape index (κ3) is 1.16. The second-order valence-corrected chi connectivity index (χ2v) is 3.01. The fourth-order valence-electron chi connectivity index (χ4n) is 1.44. The summed E-state index contributed by atoms with van der Waals surface area (Å²) in [5, 5.41) is 14.5. The standard InChI is InChI=1S/C10H10N2O2/c1-2-12-10(14)9-7(6-11-12)4-3-5-8(9)13/h3-6,13H,2H2,1H3. The summed E-state index contributed by atoms with van der Waals surface area (Å²) >= 11 is 0. The summed E-state index contributed by atoms with van der Waals surface area (Å²) in [7, 11) is 0. The second kappa shape index (κ2) is 3.14. The molecule has 0 aliphatic heterocycles. The van der Waals surface area contributed by atoms with Gasteiger partial charge in [0.1, 0.15) is 5.75 Å². The van der Waals surface area contributed by atoms with Crippen molar-refractivity contribution in [2.45, 2.75) is 13.5 Å². The molecule has 0 amide bonds. The molecule has 14 heavy (non-hydrogen) atoms. The Hall–Kier alpha value is -1.84. The van der Waals surface area contributed by atoms with E-state index in [4.69, 9.17) is 0 Å². The molecule has 72 valence electrons. The summed E-state index contributed by atoms with van der Waals surface area (Å²) < 4.78 is 1.32. The van der Waals surface area contributed by atoms with Crippen LogP contribution in [0.5, 0.6) is 5.75 Å². The molecule has 0 atom stereocenters. The molecule has 1 N–H and O–H groups in total. The topological polar surface area (TPSA) is 55.1 Å². The first-order valence-electron chi connectivity index (χ1n) is 4.42. The van der Waals surface area contributed by atoms with E-state index in [1.807, 2.05) is 6.92 Å². The molecule has 0 saturated carbocycles. The fraction of sp³-hybridized carbons (Fsp3) is 0.200. The zero-order chi connectivity index (χ0) is 10.1. The van der Waals surface area contributed by atoms with Crippen molar-refractivity contribution in [2.24, 2.45) is 0 Å². The van der Waals surface area contributed by atoms with Gasteiger partial charge in [0.05, 0.1) is 11.6 Å². The van der Waals surface area contributed by atoms with Crippen LogP contribution in [0.25, 0.3) is 10.8 Å². The first-order valence-corrected chi connectivity index (χ1v) is 4.42. The number of aryl methyl sites for hydroxylation is 1. The minimum atomic E-state index is -0.247. The molecule has 1 aromatic carbocycles. The van der Waals surface area contributed by atoms with Gasteiger partial charge in [-0.25, -0.2) is 4.68 Å². The number of hydrogen-bond acceptors (Lipinski definition) is 3. The first kappa shape index (κ1) is 8.74. The molecule has 2 rings (SSSR count). The molecule has 0 aliphatic carbocycles. The molecule has 0 fully saturated rings. The van der Waals surface area contributed by atoms with Crippen LogP contribution in [-0.4, -0.2) is 14.9 Å². The predicted molar refractivity (Wildman–Crippen MR) is 53.3 cm³/mol. The Balaban J connectivity index is 2.94. The Labute approximate surface area is 80.4 Å². The van der Waals surface area contributed by atoms with Gasteiger partial charge in [-0.3, -0.25) is 4.79 Å². The van der Waals surface area contributed by atoms with Crippen molar-refractivity contribution in [1.82, 2.24) is 9.78 Å². The summed E-state index contributed by atoms with van der Waals surface area (Å²) in [6.45, 7) is 2.34. The minimum absolute atomic E-state index is 0.0112. The Morgan fingerprint density at radius 2 is 2.29 bits per heavy atom. The Bertz CT molecular complexity index is 531. The maximum Gasteiger partial charge on any atom is 0.278 e. The quantitative estimate of drug-likeness (QED) is 0.733. The van der Waals surface area contributed by atoms with Crippen LogP contribution >= 0.6 is 0 Å². The second-order valence-electron chi connectivity index (χ2n) is 3.01. The summed E-state index contributed by atoms with van der Waals surface area (Å²) in [4.78, 5) is 11.7. The SMILES string of the molecule is CCn1ncc2cccc(O)c2c1=O. The average molecular weight is 190 g/mol. The van der Waals surface area contributed by atoms with Crippen molar-refractivity contribution in [3.05, 3.63) is 34.7 Å². The van der Waals surface area contributed by atoms with E-state index in [1.165, 1.54) is 10.7 Å². The van der Waals surface area contributed by atoms with Gasteiger partial charge in [-0.2, -0.15) is 5.10 Å². The van der Waals surface area contributed by atoms with Crippen molar-refractivity contribution in [3.63, 3.8) is 0 Å².